The van der Waals surface area contributed by atoms with Gasteiger partial charge < -0.3 is 10.4 Å². The summed E-state index contributed by atoms with van der Waals surface area (Å²) < 4.78 is 1.80. The van der Waals surface area contributed by atoms with Crippen molar-refractivity contribution < 1.29 is 14.7 Å². The van der Waals surface area contributed by atoms with E-state index in [-0.39, 0.29) is 18.2 Å². The number of aryl methyl sites for hydroxylation is 2. The summed E-state index contributed by atoms with van der Waals surface area (Å²) in [5, 5.41) is 16.0. The highest BCUT2D eigenvalue weighted by atomic mass is 32.2. The van der Waals surface area contributed by atoms with Crippen molar-refractivity contribution in [3.63, 3.8) is 0 Å². The molecule has 1 aromatic carbocycles. The number of rotatable bonds is 8. The largest absolute Gasteiger partial charge is 0.481 e. The third-order valence-corrected chi connectivity index (χ3v) is 5.35. The van der Waals surface area contributed by atoms with Crippen molar-refractivity contribution in [1.29, 1.82) is 0 Å². The van der Waals surface area contributed by atoms with Crippen LogP contribution in [0.3, 0.4) is 0 Å². The van der Waals surface area contributed by atoms with E-state index in [0.717, 1.165) is 28.2 Å². The molecule has 0 aliphatic rings. The normalized spacial score (nSPS) is 12.0. The zero-order valence-electron chi connectivity index (χ0n) is 15.6. The van der Waals surface area contributed by atoms with Gasteiger partial charge in [-0.1, -0.05) is 12.1 Å². The Morgan fingerprint density at radius 1 is 1.35 bits per heavy atom. The Kier molecular flexibility index (Phi) is 6.85. The minimum atomic E-state index is -0.784. The second-order valence-corrected chi connectivity index (χ2v) is 7.42. The number of thioether (sulfide) groups is 1. The van der Waals surface area contributed by atoms with Crippen molar-refractivity contribution in [3.8, 4) is 0 Å². The minimum Gasteiger partial charge on any atom is -0.481 e. The number of aliphatic carboxylic acids is 1. The van der Waals surface area contributed by atoms with Crippen LogP contribution in [0, 0.1) is 13.8 Å². The number of nitrogens with zero attached hydrogens (tertiary/aromatic N) is 2. The number of benzene rings is 1. The van der Waals surface area contributed by atoms with E-state index in [4.69, 9.17) is 5.11 Å². The van der Waals surface area contributed by atoms with Gasteiger partial charge in [0.1, 0.15) is 0 Å². The second kappa shape index (κ2) is 8.89. The van der Waals surface area contributed by atoms with Crippen LogP contribution in [0.4, 0.5) is 5.69 Å². The van der Waals surface area contributed by atoms with Crippen LogP contribution >= 0.6 is 11.8 Å². The molecule has 1 unspecified atom stereocenters. The fourth-order valence-corrected chi connectivity index (χ4v) is 3.77. The number of amides is 1. The lowest BCUT2D eigenvalue weighted by atomic mass is 9.98. The van der Waals surface area contributed by atoms with Gasteiger partial charge in [0.15, 0.2) is 0 Å². The fourth-order valence-electron chi connectivity index (χ4n) is 2.89. The van der Waals surface area contributed by atoms with Crippen molar-refractivity contribution in [1.82, 2.24) is 9.78 Å². The van der Waals surface area contributed by atoms with Crippen LogP contribution in [0.1, 0.15) is 41.8 Å². The number of carboxylic acids is 1. The first-order valence-electron chi connectivity index (χ1n) is 8.49. The molecular formula is C19H25N3O3S. The van der Waals surface area contributed by atoms with E-state index in [9.17, 15) is 9.59 Å². The van der Waals surface area contributed by atoms with Gasteiger partial charge in [-0.2, -0.15) is 16.9 Å². The van der Waals surface area contributed by atoms with Crippen molar-refractivity contribution in [3.05, 3.63) is 46.8 Å². The highest BCUT2D eigenvalue weighted by molar-refractivity contribution is 7.98. The average molecular weight is 375 g/mol. The second-order valence-electron chi connectivity index (χ2n) is 6.32. The molecule has 0 bridgehead atoms. The topological polar surface area (TPSA) is 84.2 Å². The third kappa shape index (κ3) is 5.11. The van der Waals surface area contributed by atoms with Crippen LogP contribution in [-0.4, -0.2) is 32.5 Å². The van der Waals surface area contributed by atoms with Crippen molar-refractivity contribution in [2.45, 2.75) is 38.9 Å². The summed E-state index contributed by atoms with van der Waals surface area (Å²) in [5.74, 6) is 0.140. The Morgan fingerprint density at radius 2 is 2.08 bits per heavy atom. The fraction of sp³-hybridized carbons (Fsp3) is 0.421. The summed E-state index contributed by atoms with van der Waals surface area (Å²) in [4.78, 5) is 23.2. The molecule has 1 aromatic heterocycles. The first-order chi connectivity index (χ1) is 12.3. The number of hydrogen-bond acceptors (Lipinski definition) is 4. The molecule has 26 heavy (non-hydrogen) atoms. The number of nitrogens with one attached hydrogen (secondary N) is 1. The molecule has 1 atom stereocenters. The van der Waals surface area contributed by atoms with Gasteiger partial charge in [0.2, 0.25) is 5.91 Å². The van der Waals surface area contributed by atoms with E-state index >= 15 is 0 Å². The van der Waals surface area contributed by atoms with E-state index in [1.54, 1.807) is 16.4 Å². The molecule has 2 aromatic rings. The Bertz CT molecular complexity index is 801. The molecule has 2 rings (SSSR count). The number of aromatic nitrogens is 2. The molecule has 0 saturated carbocycles. The highest BCUT2D eigenvalue weighted by Gasteiger charge is 2.22. The first-order valence-corrected chi connectivity index (χ1v) is 9.64. The maximum Gasteiger partial charge on any atom is 0.304 e. The van der Waals surface area contributed by atoms with E-state index in [0.29, 0.717) is 11.5 Å². The molecule has 0 aliphatic carbocycles. The van der Waals surface area contributed by atoms with Crippen LogP contribution in [0.25, 0.3) is 0 Å². The van der Waals surface area contributed by atoms with Crippen molar-refractivity contribution >= 4 is 29.3 Å². The molecule has 1 heterocycles. The molecule has 1 amide bonds. The van der Waals surface area contributed by atoms with E-state index in [1.165, 1.54) is 0 Å². The summed E-state index contributed by atoms with van der Waals surface area (Å²) in [7, 11) is 1.88. The molecule has 0 aliphatic heterocycles. The summed E-state index contributed by atoms with van der Waals surface area (Å²) in [6.45, 7) is 5.77. The molecule has 0 radical (unpaired) electrons. The number of carbonyl (C=O) groups excluding carboxylic acids is 1. The van der Waals surface area contributed by atoms with Crippen LogP contribution < -0.4 is 5.32 Å². The molecule has 0 saturated heterocycles. The zero-order valence-corrected chi connectivity index (χ0v) is 16.4. The van der Waals surface area contributed by atoms with Crippen LogP contribution in [0.15, 0.2) is 24.3 Å². The maximum atomic E-state index is 12.7. The van der Waals surface area contributed by atoms with Gasteiger partial charge in [-0.05, 0) is 38.5 Å². The Labute approximate surface area is 158 Å². The molecule has 6 nitrogen and oxygen atoms in total. The molecular weight excluding hydrogens is 350 g/mol. The summed E-state index contributed by atoms with van der Waals surface area (Å²) >= 11 is 1.57. The van der Waals surface area contributed by atoms with Gasteiger partial charge in [-0.25, -0.2) is 0 Å². The molecule has 7 heteroatoms. The van der Waals surface area contributed by atoms with Gasteiger partial charge in [0.25, 0.3) is 0 Å². The molecule has 0 spiro atoms. The molecule has 0 fully saturated rings. The van der Waals surface area contributed by atoms with Gasteiger partial charge in [0.05, 0.1) is 18.0 Å². The zero-order chi connectivity index (χ0) is 19.3. The quantitative estimate of drug-likeness (QED) is 0.690. The number of hydrogen-bond donors (Lipinski definition) is 2. The standard InChI is InChI=1S/C19H25N3O3S/c1-12(18-13(2)21-22(4)14(18)3)19(25)20-16-7-5-6-15(10-16)11-26-9-8-17(23)24/h5-7,10,12H,8-9,11H2,1-4H3,(H,20,25)(H,23,24). The van der Waals surface area contributed by atoms with E-state index in [2.05, 4.69) is 10.4 Å². The van der Waals surface area contributed by atoms with Crippen molar-refractivity contribution in [2.24, 2.45) is 7.05 Å². The van der Waals surface area contributed by atoms with Crippen LogP contribution in [-0.2, 0) is 22.4 Å². The monoisotopic (exact) mass is 375 g/mol. The predicted octanol–water partition coefficient (Wildman–Crippen LogP) is 3.49. The van der Waals surface area contributed by atoms with Gasteiger partial charge in [-0.3, -0.25) is 14.3 Å². The SMILES string of the molecule is Cc1nn(C)c(C)c1C(C)C(=O)Nc1cccc(CSCCC(=O)O)c1. The third-order valence-electron chi connectivity index (χ3n) is 4.31. The smallest absolute Gasteiger partial charge is 0.304 e. The Morgan fingerprint density at radius 3 is 2.69 bits per heavy atom. The van der Waals surface area contributed by atoms with Gasteiger partial charge >= 0.3 is 5.97 Å². The predicted molar refractivity (Wildman–Crippen MR) is 105 cm³/mol. The van der Waals surface area contributed by atoms with Gasteiger partial charge in [0, 0.05) is 35.5 Å². The lowest BCUT2D eigenvalue weighted by molar-refractivity contribution is -0.136. The summed E-state index contributed by atoms with van der Waals surface area (Å²) in [6, 6.07) is 7.66. The first kappa shape index (κ1) is 20.0. The lowest BCUT2D eigenvalue weighted by Gasteiger charge is -2.14. The lowest BCUT2D eigenvalue weighted by Crippen LogP contribution is -2.20. The number of carbonyl (C=O) groups is 2. The minimum absolute atomic E-state index is 0.0696. The number of anilines is 1. The highest BCUT2D eigenvalue weighted by Crippen LogP contribution is 2.25. The molecule has 140 valence electrons. The van der Waals surface area contributed by atoms with Crippen LogP contribution in [0.5, 0.6) is 0 Å². The van der Waals surface area contributed by atoms with E-state index in [1.807, 2.05) is 52.1 Å². The molecule has 2 N–H and O–H groups in total. The maximum absolute atomic E-state index is 12.7. The summed E-state index contributed by atoms with van der Waals surface area (Å²) in [5.41, 5.74) is 4.63. The number of carboxylic acid groups (broad SMARTS) is 1. The Balaban J connectivity index is 2.00. The Hall–Kier alpha value is -2.28. The average Bonchev–Trinajstić information content (AvgIpc) is 2.83. The van der Waals surface area contributed by atoms with E-state index < -0.39 is 5.97 Å². The summed E-state index contributed by atoms with van der Waals surface area (Å²) in [6.07, 6.45) is 0.155. The van der Waals surface area contributed by atoms with Crippen molar-refractivity contribution in [2.75, 3.05) is 11.1 Å². The van der Waals surface area contributed by atoms with Gasteiger partial charge in [-0.15, -0.1) is 0 Å². The van der Waals surface area contributed by atoms with Crippen LogP contribution in [0.2, 0.25) is 0 Å².